The van der Waals surface area contributed by atoms with Gasteiger partial charge in [-0.3, -0.25) is 14.1 Å². The lowest BCUT2D eigenvalue weighted by atomic mass is 9.97. The first-order chi connectivity index (χ1) is 18.8. The van der Waals surface area contributed by atoms with Gasteiger partial charge in [0.1, 0.15) is 28.5 Å². The third-order valence-corrected chi connectivity index (χ3v) is 7.94. The number of ketones is 1. The van der Waals surface area contributed by atoms with E-state index in [4.69, 9.17) is 14.2 Å². The predicted octanol–water partition coefficient (Wildman–Crippen LogP) is 6.63. The number of halogens is 2. The predicted molar refractivity (Wildman–Crippen MR) is 145 cm³/mol. The standard InChI is InChI=1S/C30H37F2N3O4/c1-19-6-4-7-20(2)34(19)11-5-13-38-23-10-12-35-24(18-33-28(35)17-23)22-15-26(37-3)29(25(36)14-21-8-9-21)27(16-22)39-30(31)32/h10,12,15-21,30H,4-9,11,13-14H2,1-3H3. The van der Waals surface area contributed by atoms with E-state index in [9.17, 15) is 13.6 Å². The van der Waals surface area contributed by atoms with E-state index in [0.717, 1.165) is 31.6 Å². The summed E-state index contributed by atoms with van der Waals surface area (Å²) in [5.74, 6) is 0.798. The number of methoxy groups -OCH3 is 1. The second kappa shape index (κ2) is 11.9. The van der Waals surface area contributed by atoms with Gasteiger partial charge in [0, 0.05) is 42.9 Å². The van der Waals surface area contributed by atoms with E-state index in [1.165, 1.54) is 32.4 Å². The van der Waals surface area contributed by atoms with Gasteiger partial charge in [-0.25, -0.2) is 4.98 Å². The number of rotatable bonds is 12. The summed E-state index contributed by atoms with van der Waals surface area (Å²) in [5, 5.41) is 0. The minimum absolute atomic E-state index is 0.0614. The van der Waals surface area contributed by atoms with Gasteiger partial charge in [0.2, 0.25) is 0 Å². The first-order valence-corrected chi connectivity index (χ1v) is 13.9. The van der Waals surface area contributed by atoms with Crippen molar-refractivity contribution < 1.29 is 27.8 Å². The van der Waals surface area contributed by atoms with Gasteiger partial charge in [0.25, 0.3) is 0 Å². The number of carbonyl (C=O) groups is 1. The molecular weight excluding hydrogens is 504 g/mol. The zero-order chi connectivity index (χ0) is 27.5. The molecule has 2 aromatic heterocycles. The number of Topliss-reactive ketones (excluding diaryl/α,β-unsaturated/α-hetero) is 1. The van der Waals surface area contributed by atoms with Crippen LogP contribution in [-0.2, 0) is 0 Å². The zero-order valence-corrected chi connectivity index (χ0v) is 22.9. The van der Waals surface area contributed by atoms with E-state index < -0.39 is 6.61 Å². The van der Waals surface area contributed by atoms with Gasteiger partial charge >= 0.3 is 6.61 Å². The molecule has 1 aromatic carbocycles. The maximum Gasteiger partial charge on any atom is 0.387 e. The molecule has 3 aromatic rings. The molecule has 7 nitrogen and oxygen atoms in total. The molecule has 9 heteroatoms. The minimum Gasteiger partial charge on any atom is -0.496 e. The summed E-state index contributed by atoms with van der Waals surface area (Å²) in [4.78, 5) is 20.0. The smallest absolute Gasteiger partial charge is 0.387 e. The molecule has 210 valence electrons. The summed E-state index contributed by atoms with van der Waals surface area (Å²) < 4.78 is 44.8. The quantitative estimate of drug-likeness (QED) is 0.190. The number of imidazole rings is 1. The van der Waals surface area contributed by atoms with Gasteiger partial charge in [-0.2, -0.15) is 8.78 Å². The molecule has 3 heterocycles. The van der Waals surface area contributed by atoms with Gasteiger partial charge in [-0.05, 0) is 70.1 Å². The van der Waals surface area contributed by atoms with Crippen molar-refractivity contribution in [1.82, 2.24) is 14.3 Å². The number of nitrogens with zero attached hydrogens (tertiary/aromatic N) is 3. The molecule has 1 aliphatic carbocycles. The molecule has 0 spiro atoms. The van der Waals surface area contributed by atoms with Crippen molar-refractivity contribution in [3.8, 4) is 28.5 Å². The Labute approximate surface area is 228 Å². The van der Waals surface area contributed by atoms with E-state index in [-0.39, 0.29) is 22.8 Å². The van der Waals surface area contributed by atoms with Gasteiger partial charge < -0.3 is 14.2 Å². The van der Waals surface area contributed by atoms with Crippen LogP contribution in [0.3, 0.4) is 0 Å². The highest BCUT2D eigenvalue weighted by molar-refractivity contribution is 6.02. The number of aromatic nitrogens is 2. The maximum absolute atomic E-state index is 13.3. The van der Waals surface area contributed by atoms with E-state index in [1.807, 2.05) is 22.7 Å². The number of hydrogen-bond acceptors (Lipinski definition) is 6. The molecular formula is C30H37F2N3O4. The van der Waals surface area contributed by atoms with Crippen LogP contribution in [0.4, 0.5) is 8.78 Å². The zero-order valence-electron chi connectivity index (χ0n) is 22.9. The number of fused-ring (bicyclic) bond motifs is 1. The van der Waals surface area contributed by atoms with E-state index >= 15 is 0 Å². The molecule has 0 N–H and O–H groups in total. The topological polar surface area (TPSA) is 65.3 Å². The van der Waals surface area contributed by atoms with E-state index in [1.54, 1.807) is 12.3 Å². The monoisotopic (exact) mass is 541 g/mol. The van der Waals surface area contributed by atoms with Crippen LogP contribution in [0.5, 0.6) is 17.2 Å². The Morgan fingerprint density at radius 3 is 2.54 bits per heavy atom. The average molecular weight is 542 g/mol. The van der Waals surface area contributed by atoms with Gasteiger partial charge in [0.05, 0.1) is 25.6 Å². The normalized spacial score (nSPS) is 19.9. The number of carbonyl (C=O) groups excluding carboxylic acids is 1. The Bertz CT molecular complexity index is 1300. The number of pyridine rings is 1. The van der Waals surface area contributed by atoms with Crippen LogP contribution < -0.4 is 14.2 Å². The second-order valence-corrected chi connectivity index (χ2v) is 10.8. The lowest BCUT2D eigenvalue weighted by Gasteiger charge is -2.39. The SMILES string of the molecule is COc1cc(-c2cnc3cc(OCCCN4C(C)CCCC4C)ccn23)cc(OC(F)F)c1C(=O)CC1CC1. The first kappa shape index (κ1) is 27.4. The highest BCUT2D eigenvalue weighted by Gasteiger charge is 2.30. The average Bonchev–Trinajstić information content (AvgIpc) is 3.62. The Morgan fingerprint density at radius 2 is 1.85 bits per heavy atom. The van der Waals surface area contributed by atoms with Crippen molar-refractivity contribution in [2.75, 3.05) is 20.3 Å². The lowest BCUT2D eigenvalue weighted by Crippen LogP contribution is -2.44. The molecule has 0 radical (unpaired) electrons. The highest BCUT2D eigenvalue weighted by atomic mass is 19.3. The van der Waals surface area contributed by atoms with Crippen molar-refractivity contribution in [2.24, 2.45) is 5.92 Å². The van der Waals surface area contributed by atoms with Crippen LogP contribution >= 0.6 is 0 Å². The fraction of sp³-hybridized carbons (Fsp3) is 0.533. The Balaban J connectivity index is 1.33. The summed E-state index contributed by atoms with van der Waals surface area (Å²) >= 11 is 0. The molecule has 2 unspecified atom stereocenters. The molecule has 2 aliphatic rings. The fourth-order valence-corrected chi connectivity index (χ4v) is 5.67. The largest absolute Gasteiger partial charge is 0.496 e. The third-order valence-electron chi connectivity index (χ3n) is 7.94. The van der Waals surface area contributed by atoms with Crippen molar-refractivity contribution in [2.45, 2.75) is 77.5 Å². The lowest BCUT2D eigenvalue weighted by molar-refractivity contribution is -0.0502. The number of piperidine rings is 1. The molecule has 0 amide bonds. The minimum atomic E-state index is -3.07. The number of alkyl halides is 2. The van der Waals surface area contributed by atoms with Crippen LogP contribution in [0.25, 0.3) is 16.9 Å². The summed E-state index contributed by atoms with van der Waals surface area (Å²) in [5.41, 5.74) is 1.93. The van der Waals surface area contributed by atoms with Gasteiger partial charge in [-0.1, -0.05) is 6.42 Å². The van der Waals surface area contributed by atoms with Crippen molar-refractivity contribution in [3.05, 3.63) is 42.2 Å². The number of ether oxygens (including phenoxy) is 3. The fourth-order valence-electron chi connectivity index (χ4n) is 5.67. The Morgan fingerprint density at radius 1 is 1.10 bits per heavy atom. The number of hydrogen-bond donors (Lipinski definition) is 0. The number of benzene rings is 1. The van der Waals surface area contributed by atoms with E-state index in [0.29, 0.717) is 47.9 Å². The van der Waals surface area contributed by atoms with E-state index in [2.05, 4.69) is 23.7 Å². The Kier molecular flexibility index (Phi) is 8.35. The third kappa shape index (κ3) is 6.35. The van der Waals surface area contributed by atoms with Crippen molar-refractivity contribution in [3.63, 3.8) is 0 Å². The van der Waals surface area contributed by atoms with Crippen molar-refractivity contribution in [1.29, 1.82) is 0 Å². The van der Waals surface area contributed by atoms with Gasteiger partial charge in [-0.15, -0.1) is 0 Å². The molecule has 2 atom stereocenters. The highest BCUT2D eigenvalue weighted by Crippen LogP contribution is 2.40. The Hall–Kier alpha value is -3.20. The summed E-state index contributed by atoms with van der Waals surface area (Å²) in [6.07, 6.45) is 10.5. The van der Waals surface area contributed by atoms with Crippen LogP contribution in [0, 0.1) is 5.92 Å². The summed E-state index contributed by atoms with van der Waals surface area (Å²) in [6, 6.07) is 8.09. The summed E-state index contributed by atoms with van der Waals surface area (Å²) in [7, 11) is 1.42. The van der Waals surface area contributed by atoms with Crippen molar-refractivity contribution >= 4 is 11.4 Å². The maximum atomic E-state index is 13.3. The molecule has 2 fully saturated rings. The van der Waals surface area contributed by atoms with Crippen LogP contribution in [0.15, 0.2) is 36.7 Å². The van der Waals surface area contributed by atoms with Crippen LogP contribution in [0.1, 0.15) is 69.2 Å². The second-order valence-electron chi connectivity index (χ2n) is 10.8. The first-order valence-electron chi connectivity index (χ1n) is 13.9. The number of likely N-dealkylation sites (tertiary alicyclic amines) is 1. The molecule has 39 heavy (non-hydrogen) atoms. The molecule has 1 aliphatic heterocycles. The van der Waals surface area contributed by atoms with Crippen LogP contribution in [0.2, 0.25) is 0 Å². The summed E-state index contributed by atoms with van der Waals surface area (Å²) in [6.45, 7) is 3.17. The molecule has 1 saturated carbocycles. The molecule has 1 saturated heterocycles. The van der Waals surface area contributed by atoms with Gasteiger partial charge in [0.15, 0.2) is 5.78 Å². The molecule has 5 rings (SSSR count). The molecule has 0 bridgehead atoms. The van der Waals surface area contributed by atoms with Crippen LogP contribution in [-0.4, -0.2) is 59.0 Å².